The van der Waals surface area contributed by atoms with Crippen LogP contribution in [0.5, 0.6) is 5.75 Å². The molecule has 0 N–H and O–H groups in total. The van der Waals surface area contributed by atoms with Crippen molar-refractivity contribution in [2.45, 2.75) is 51.9 Å². The third kappa shape index (κ3) is 4.95. The zero-order valence-electron chi connectivity index (χ0n) is 17.3. The number of pyridine rings is 2. The second-order valence-corrected chi connectivity index (χ2v) is 8.52. The first-order valence-corrected chi connectivity index (χ1v) is 10.8. The number of aromatic nitrogens is 2. The van der Waals surface area contributed by atoms with Gasteiger partial charge in [0.2, 0.25) is 0 Å². The molecular formula is C24H30N2O3. The van der Waals surface area contributed by atoms with E-state index in [-0.39, 0.29) is 17.8 Å². The first kappa shape index (κ1) is 19.9. The van der Waals surface area contributed by atoms with Gasteiger partial charge in [-0.1, -0.05) is 19.8 Å². The van der Waals surface area contributed by atoms with Gasteiger partial charge in [0.1, 0.15) is 5.75 Å². The molecule has 0 bridgehead atoms. The van der Waals surface area contributed by atoms with Crippen LogP contribution >= 0.6 is 0 Å². The zero-order chi connectivity index (χ0) is 20.2. The molecule has 2 aliphatic carbocycles. The summed E-state index contributed by atoms with van der Waals surface area (Å²) >= 11 is 0. The van der Waals surface area contributed by atoms with Crippen LogP contribution in [0, 0.1) is 17.8 Å². The van der Waals surface area contributed by atoms with Gasteiger partial charge in [-0.3, -0.25) is 14.8 Å². The minimum atomic E-state index is -0.112. The Morgan fingerprint density at radius 1 is 1.14 bits per heavy atom. The lowest BCUT2D eigenvalue weighted by atomic mass is 9.83. The van der Waals surface area contributed by atoms with E-state index in [4.69, 9.17) is 9.47 Å². The monoisotopic (exact) mass is 394 g/mol. The molecule has 0 aliphatic heterocycles. The van der Waals surface area contributed by atoms with Crippen molar-refractivity contribution in [2.75, 3.05) is 13.2 Å². The Balaban J connectivity index is 1.40. The number of ether oxygens (including phenoxy) is 2. The number of nitrogens with zero attached hydrogens (tertiary/aromatic N) is 2. The van der Waals surface area contributed by atoms with E-state index in [1.54, 1.807) is 6.20 Å². The van der Waals surface area contributed by atoms with Gasteiger partial charge in [0.25, 0.3) is 0 Å². The van der Waals surface area contributed by atoms with E-state index in [9.17, 15) is 4.79 Å². The third-order valence-corrected chi connectivity index (χ3v) is 6.21. The predicted molar refractivity (Wildman–Crippen MR) is 112 cm³/mol. The van der Waals surface area contributed by atoms with E-state index in [1.165, 1.54) is 25.7 Å². The molecule has 0 radical (unpaired) electrons. The highest BCUT2D eigenvalue weighted by Gasteiger charge is 2.46. The molecule has 0 saturated heterocycles. The fraction of sp³-hybridized carbons (Fsp3) is 0.542. The Bertz CT molecular complexity index is 846. The fourth-order valence-electron chi connectivity index (χ4n) is 4.23. The summed E-state index contributed by atoms with van der Waals surface area (Å²) in [6.07, 6.45) is 11.4. The van der Waals surface area contributed by atoms with Gasteiger partial charge in [0.05, 0.1) is 25.3 Å². The molecular weight excluding hydrogens is 364 g/mol. The summed E-state index contributed by atoms with van der Waals surface area (Å²) < 4.78 is 11.2. The molecule has 2 aliphatic rings. The predicted octanol–water partition coefficient (Wildman–Crippen LogP) is 5.02. The summed E-state index contributed by atoms with van der Waals surface area (Å²) in [5, 5.41) is 0. The molecule has 0 spiro atoms. The Morgan fingerprint density at radius 3 is 2.76 bits per heavy atom. The van der Waals surface area contributed by atoms with Crippen LogP contribution in [0.2, 0.25) is 0 Å². The maximum absolute atomic E-state index is 11.9. The maximum atomic E-state index is 11.9. The number of hydrogen-bond acceptors (Lipinski definition) is 5. The number of rotatable bonds is 7. The number of esters is 1. The molecule has 0 aromatic carbocycles. The molecule has 0 unspecified atom stereocenters. The van der Waals surface area contributed by atoms with Crippen molar-refractivity contribution in [2.24, 2.45) is 17.8 Å². The van der Waals surface area contributed by atoms with E-state index in [0.29, 0.717) is 12.5 Å². The summed E-state index contributed by atoms with van der Waals surface area (Å²) in [6, 6.07) is 6.09. The van der Waals surface area contributed by atoms with E-state index < -0.39 is 0 Å². The lowest BCUT2D eigenvalue weighted by molar-refractivity contribution is -0.144. The molecule has 2 fully saturated rings. The Labute approximate surface area is 172 Å². The minimum Gasteiger partial charge on any atom is -0.492 e. The van der Waals surface area contributed by atoms with Crippen LogP contribution < -0.4 is 4.74 Å². The molecule has 0 amide bonds. The van der Waals surface area contributed by atoms with Gasteiger partial charge in [0.15, 0.2) is 0 Å². The van der Waals surface area contributed by atoms with Crippen LogP contribution in [0.1, 0.15) is 57.6 Å². The quantitative estimate of drug-likeness (QED) is 0.618. The summed E-state index contributed by atoms with van der Waals surface area (Å²) in [5.74, 6) is 2.32. The summed E-state index contributed by atoms with van der Waals surface area (Å²) in [4.78, 5) is 20.8. The Morgan fingerprint density at radius 2 is 1.97 bits per heavy atom. The van der Waals surface area contributed by atoms with Crippen molar-refractivity contribution in [3.8, 4) is 16.9 Å². The number of carbonyl (C=O) groups excluding carboxylic acids is 1. The molecule has 2 heterocycles. The number of carbonyl (C=O) groups is 1. The second-order valence-electron chi connectivity index (χ2n) is 8.52. The van der Waals surface area contributed by atoms with Crippen molar-refractivity contribution in [3.05, 3.63) is 42.5 Å². The molecule has 2 atom stereocenters. The van der Waals surface area contributed by atoms with Crippen LogP contribution in [-0.4, -0.2) is 29.2 Å². The molecule has 4 rings (SSSR count). The van der Waals surface area contributed by atoms with Gasteiger partial charge < -0.3 is 9.47 Å². The third-order valence-electron chi connectivity index (χ3n) is 6.21. The van der Waals surface area contributed by atoms with Gasteiger partial charge >= 0.3 is 5.97 Å². The smallest absolute Gasteiger partial charge is 0.309 e. The average Bonchev–Trinajstić information content (AvgIpc) is 3.55. The molecule has 2 aromatic heterocycles. The van der Waals surface area contributed by atoms with Crippen LogP contribution in [0.4, 0.5) is 0 Å². The highest BCUT2D eigenvalue weighted by Crippen LogP contribution is 2.48. The van der Waals surface area contributed by atoms with Crippen molar-refractivity contribution >= 4 is 5.97 Å². The highest BCUT2D eigenvalue weighted by atomic mass is 16.5. The van der Waals surface area contributed by atoms with Crippen molar-refractivity contribution in [1.82, 2.24) is 9.97 Å². The van der Waals surface area contributed by atoms with E-state index in [1.807, 2.05) is 31.5 Å². The van der Waals surface area contributed by atoms with E-state index in [0.717, 1.165) is 41.5 Å². The zero-order valence-corrected chi connectivity index (χ0v) is 17.3. The SMILES string of the molecule is CCOC(=O)[C@H]1C[C@@H]1c1cc(-c2cncc(OC[C@H]3CC[C@H](C)CC3)c2)ccn1. The average molecular weight is 395 g/mol. The second kappa shape index (κ2) is 8.93. The molecule has 5 nitrogen and oxygen atoms in total. The summed E-state index contributed by atoms with van der Waals surface area (Å²) in [5.41, 5.74) is 3.01. The minimum absolute atomic E-state index is 0.0521. The van der Waals surface area contributed by atoms with Gasteiger partial charge in [-0.05, 0) is 61.8 Å². The van der Waals surface area contributed by atoms with Crippen LogP contribution in [-0.2, 0) is 9.53 Å². The van der Waals surface area contributed by atoms with Gasteiger partial charge in [-0.2, -0.15) is 0 Å². The molecule has 2 saturated carbocycles. The number of hydrogen-bond donors (Lipinski definition) is 0. The fourth-order valence-corrected chi connectivity index (χ4v) is 4.23. The molecule has 154 valence electrons. The molecule has 29 heavy (non-hydrogen) atoms. The summed E-state index contributed by atoms with van der Waals surface area (Å²) in [7, 11) is 0. The topological polar surface area (TPSA) is 61.3 Å². The highest BCUT2D eigenvalue weighted by molar-refractivity contribution is 5.77. The molecule has 2 aromatic rings. The Hall–Kier alpha value is -2.43. The lowest BCUT2D eigenvalue weighted by Crippen LogP contribution is -2.18. The first-order chi connectivity index (χ1) is 14.1. The molecule has 5 heteroatoms. The Kier molecular flexibility index (Phi) is 6.12. The largest absolute Gasteiger partial charge is 0.492 e. The van der Waals surface area contributed by atoms with E-state index >= 15 is 0 Å². The normalized spacial score (nSPS) is 26.0. The van der Waals surface area contributed by atoms with Crippen LogP contribution in [0.15, 0.2) is 36.8 Å². The van der Waals surface area contributed by atoms with Crippen molar-refractivity contribution < 1.29 is 14.3 Å². The first-order valence-electron chi connectivity index (χ1n) is 10.8. The van der Waals surface area contributed by atoms with Gasteiger partial charge in [-0.25, -0.2) is 0 Å². The van der Waals surface area contributed by atoms with E-state index in [2.05, 4.69) is 23.0 Å². The van der Waals surface area contributed by atoms with Crippen molar-refractivity contribution in [1.29, 1.82) is 0 Å². The van der Waals surface area contributed by atoms with Crippen LogP contribution in [0.25, 0.3) is 11.1 Å². The summed E-state index contributed by atoms with van der Waals surface area (Å²) in [6.45, 7) is 5.37. The van der Waals surface area contributed by atoms with Gasteiger partial charge in [-0.15, -0.1) is 0 Å². The standard InChI is InChI=1S/C24H30N2O3/c1-3-28-24(27)22-12-21(22)23-11-18(8-9-26-23)19-10-20(14-25-13-19)29-15-17-6-4-16(2)5-7-17/h8-11,13-14,16-17,21-22H,3-7,12,15H2,1-2H3/t16-,17-,21-,22-/m0/s1. The lowest BCUT2D eigenvalue weighted by Gasteiger charge is -2.26. The van der Waals surface area contributed by atoms with Gasteiger partial charge in [0, 0.05) is 29.6 Å². The van der Waals surface area contributed by atoms with Crippen molar-refractivity contribution in [3.63, 3.8) is 0 Å². The maximum Gasteiger partial charge on any atom is 0.309 e. The van der Waals surface area contributed by atoms with Crippen LogP contribution in [0.3, 0.4) is 0 Å².